The van der Waals surface area contributed by atoms with Crippen LogP contribution in [0.25, 0.3) is 0 Å². The van der Waals surface area contributed by atoms with Crippen LogP contribution in [0.15, 0.2) is 42.6 Å². The predicted molar refractivity (Wildman–Crippen MR) is 75.8 cm³/mol. The third-order valence-electron chi connectivity index (χ3n) is 2.96. The molecule has 0 aliphatic carbocycles. The lowest BCUT2D eigenvalue weighted by molar-refractivity contribution is 0.0961. The Kier molecular flexibility index (Phi) is 3.92. The molecule has 0 bridgehead atoms. The summed E-state index contributed by atoms with van der Waals surface area (Å²) < 4.78 is 0. The molecule has 4 N–H and O–H groups in total. The van der Waals surface area contributed by atoms with Crippen LogP contribution in [0.1, 0.15) is 21.5 Å². The number of nitrogens with two attached hydrogens (primary N) is 2. The quantitative estimate of drug-likeness (QED) is 0.815. The standard InChI is InChI=1S/C15H17N3O/c1-10-7-12(15(17)18-9-10)14(19)13(16)8-11-5-3-2-4-6-11/h2-7,9,13H,8,16H2,1H3,(H2,17,18). The molecule has 1 atom stereocenters. The van der Waals surface area contributed by atoms with Crippen LogP contribution in [0.4, 0.5) is 5.82 Å². The average Bonchev–Trinajstić information content (AvgIpc) is 2.42. The number of pyridine rings is 1. The Hall–Kier alpha value is -2.20. The Morgan fingerprint density at radius 3 is 2.68 bits per heavy atom. The van der Waals surface area contributed by atoms with Crippen LogP contribution < -0.4 is 11.5 Å². The van der Waals surface area contributed by atoms with Crippen LogP contribution in [0, 0.1) is 6.92 Å². The van der Waals surface area contributed by atoms with E-state index >= 15 is 0 Å². The molecule has 2 aromatic rings. The van der Waals surface area contributed by atoms with Crippen LogP contribution in [0.3, 0.4) is 0 Å². The molecule has 0 aliphatic rings. The maximum atomic E-state index is 12.3. The molecule has 0 aliphatic heterocycles. The summed E-state index contributed by atoms with van der Waals surface area (Å²) in [5.41, 5.74) is 14.0. The summed E-state index contributed by atoms with van der Waals surface area (Å²) in [4.78, 5) is 16.3. The monoisotopic (exact) mass is 255 g/mol. The largest absolute Gasteiger partial charge is 0.383 e. The van der Waals surface area contributed by atoms with Crippen molar-refractivity contribution in [1.82, 2.24) is 4.98 Å². The first-order valence-corrected chi connectivity index (χ1v) is 6.14. The summed E-state index contributed by atoms with van der Waals surface area (Å²) in [6, 6.07) is 10.8. The van der Waals surface area contributed by atoms with Gasteiger partial charge in [-0.1, -0.05) is 30.3 Å². The van der Waals surface area contributed by atoms with Crippen LogP contribution in [-0.2, 0) is 6.42 Å². The number of Topliss-reactive ketones (excluding diaryl/α,β-unsaturated/α-hetero) is 1. The first kappa shape index (κ1) is 13.2. The Balaban J connectivity index is 2.17. The van der Waals surface area contributed by atoms with Crippen molar-refractivity contribution in [1.29, 1.82) is 0 Å². The molecule has 1 aromatic heterocycles. The summed E-state index contributed by atoms with van der Waals surface area (Å²) >= 11 is 0. The number of carbonyl (C=O) groups is 1. The molecule has 0 saturated heterocycles. The average molecular weight is 255 g/mol. The molecular weight excluding hydrogens is 238 g/mol. The fraction of sp³-hybridized carbons (Fsp3) is 0.200. The molecule has 0 spiro atoms. The molecule has 0 radical (unpaired) electrons. The number of nitrogen functional groups attached to an aromatic ring is 1. The van der Waals surface area contributed by atoms with E-state index in [-0.39, 0.29) is 11.6 Å². The Bertz CT molecular complexity index is 581. The molecule has 0 fully saturated rings. The molecule has 4 heteroatoms. The number of nitrogens with zero attached hydrogens (tertiary/aromatic N) is 1. The number of benzene rings is 1. The number of anilines is 1. The van der Waals surface area contributed by atoms with E-state index in [4.69, 9.17) is 11.5 Å². The van der Waals surface area contributed by atoms with Crippen molar-refractivity contribution in [3.8, 4) is 0 Å². The summed E-state index contributed by atoms with van der Waals surface area (Å²) in [5.74, 6) is 0.0664. The Labute approximate surface area is 112 Å². The van der Waals surface area contributed by atoms with Crippen molar-refractivity contribution in [2.75, 3.05) is 5.73 Å². The Morgan fingerprint density at radius 1 is 1.32 bits per heavy atom. The Morgan fingerprint density at radius 2 is 2.00 bits per heavy atom. The highest BCUT2D eigenvalue weighted by Crippen LogP contribution is 2.14. The van der Waals surface area contributed by atoms with Gasteiger partial charge in [0.2, 0.25) is 0 Å². The van der Waals surface area contributed by atoms with Crippen molar-refractivity contribution >= 4 is 11.6 Å². The normalized spacial score (nSPS) is 12.1. The van der Waals surface area contributed by atoms with Gasteiger partial charge in [0.05, 0.1) is 11.6 Å². The van der Waals surface area contributed by atoms with Gasteiger partial charge in [-0.2, -0.15) is 0 Å². The molecule has 0 amide bonds. The van der Waals surface area contributed by atoms with Crippen LogP contribution in [0.2, 0.25) is 0 Å². The summed E-state index contributed by atoms with van der Waals surface area (Å²) in [6.45, 7) is 1.87. The SMILES string of the molecule is Cc1cnc(N)c(C(=O)C(N)Cc2ccccc2)c1. The van der Waals surface area contributed by atoms with Crippen LogP contribution in [0.5, 0.6) is 0 Å². The van der Waals surface area contributed by atoms with E-state index in [0.717, 1.165) is 11.1 Å². The minimum absolute atomic E-state index is 0.169. The smallest absolute Gasteiger partial charge is 0.183 e. The highest BCUT2D eigenvalue weighted by molar-refractivity contribution is 6.03. The van der Waals surface area contributed by atoms with Crippen molar-refractivity contribution < 1.29 is 4.79 Å². The second kappa shape index (κ2) is 5.63. The predicted octanol–water partition coefficient (Wildman–Crippen LogP) is 1.72. The molecule has 1 unspecified atom stereocenters. The van der Waals surface area contributed by atoms with Gasteiger partial charge in [0.1, 0.15) is 5.82 Å². The fourth-order valence-corrected chi connectivity index (χ4v) is 1.94. The lowest BCUT2D eigenvalue weighted by Crippen LogP contribution is -2.33. The van der Waals surface area contributed by atoms with Gasteiger partial charge in [0.25, 0.3) is 0 Å². The van der Waals surface area contributed by atoms with E-state index in [0.29, 0.717) is 12.0 Å². The molecule has 19 heavy (non-hydrogen) atoms. The number of aromatic nitrogens is 1. The van der Waals surface area contributed by atoms with E-state index in [1.807, 2.05) is 37.3 Å². The molecule has 0 saturated carbocycles. The number of aryl methyl sites for hydroxylation is 1. The number of rotatable bonds is 4. The van der Waals surface area contributed by atoms with Gasteiger partial charge in [0.15, 0.2) is 5.78 Å². The van der Waals surface area contributed by atoms with Crippen LogP contribution in [-0.4, -0.2) is 16.8 Å². The molecule has 4 nitrogen and oxygen atoms in total. The van der Waals surface area contributed by atoms with Gasteiger partial charge in [0, 0.05) is 6.20 Å². The van der Waals surface area contributed by atoms with E-state index in [1.54, 1.807) is 12.3 Å². The van der Waals surface area contributed by atoms with Crippen molar-refractivity contribution in [2.45, 2.75) is 19.4 Å². The lowest BCUT2D eigenvalue weighted by atomic mass is 9.98. The summed E-state index contributed by atoms with van der Waals surface area (Å²) in [6.07, 6.45) is 2.13. The maximum absolute atomic E-state index is 12.3. The zero-order valence-corrected chi connectivity index (χ0v) is 10.8. The minimum atomic E-state index is -0.603. The summed E-state index contributed by atoms with van der Waals surface area (Å²) in [7, 11) is 0. The van der Waals surface area contributed by atoms with Crippen molar-refractivity contribution in [3.63, 3.8) is 0 Å². The lowest BCUT2D eigenvalue weighted by Gasteiger charge is -2.12. The number of hydrogen-bond donors (Lipinski definition) is 2. The highest BCUT2D eigenvalue weighted by atomic mass is 16.1. The van der Waals surface area contributed by atoms with E-state index in [1.165, 1.54) is 0 Å². The number of carbonyl (C=O) groups excluding carboxylic acids is 1. The van der Waals surface area contributed by atoms with Gasteiger partial charge in [-0.05, 0) is 30.5 Å². The van der Waals surface area contributed by atoms with Crippen LogP contribution >= 0.6 is 0 Å². The third kappa shape index (κ3) is 3.17. The van der Waals surface area contributed by atoms with E-state index < -0.39 is 6.04 Å². The first-order chi connectivity index (χ1) is 9.08. The molecule has 2 rings (SSSR count). The van der Waals surface area contributed by atoms with E-state index in [9.17, 15) is 4.79 Å². The molecule has 1 heterocycles. The zero-order chi connectivity index (χ0) is 13.8. The highest BCUT2D eigenvalue weighted by Gasteiger charge is 2.19. The minimum Gasteiger partial charge on any atom is -0.383 e. The van der Waals surface area contributed by atoms with Gasteiger partial charge < -0.3 is 11.5 Å². The second-order valence-corrected chi connectivity index (χ2v) is 4.61. The topological polar surface area (TPSA) is 82.0 Å². The fourth-order valence-electron chi connectivity index (χ4n) is 1.94. The molecular formula is C15H17N3O. The van der Waals surface area contributed by atoms with E-state index in [2.05, 4.69) is 4.98 Å². The molecule has 98 valence electrons. The van der Waals surface area contributed by atoms with Gasteiger partial charge in [-0.25, -0.2) is 4.98 Å². The number of hydrogen-bond acceptors (Lipinski definition) is 4. The number of ketones is 1. The van der Waals surface area contributed by atoms with Gasteiger partial charge in [-0.15, -0.1) is 0 Å². The first-order valence-electron chi connectivity index (χ1n) is 6.14. The second-order valence-electron chi connectivity index (χ2n) is 4.61. The maximum Gasteiger partial charge on any atom is 0.183 e. The van der Waals surface area contributed by atoms with Crippen molar-refractivity contribution in [2.24, 2.45) is 5.73 Å². The van der Waals surface area contributed by atoms with Gasteiger partial charge in [-0.3, -0.25) is 4.79 Å². The van der Waals surface area contributed by atoms with Crippen molar-refractivity contribution in [3.05, 3.63) is 59.3 Å². The zero-order valence-electron chi connectivity index (χ0n) is 10.8. The van der Waals surface area contributed by atoms with Gasteiger partial charge >= 0.3 is 0 Å². The summed E-state index contributed by atoms with van der Waals surface area (Å²) in [5, 5.41) is 0. The molecule has 1 aromatic carbocycles. The third-order valence-corrected chi connectivity index (χ3v) is 2.96.